The van der Waals surface area contributed by atoms with E-state index < -0.39 is 5.82 Å². The molecule has 6 nitrogen and oxygen atoms in total. The first-order valence-corrected chi connectivity index (χ1v) is 9.48. The van der Waals surface area contributed by atoms with Crippen molar-refractivity contribution < 1.29 is 28.1 Å². The van der Waals surface area contributed by atoms with Gasteiger partial charge in [-0.1, -0.05) is 6.08 Å². The Morgan fingerprint density at radius 3 is 2.66 bits per heavy atom. The Labute approximate surface area is 168 Å². The topological polar surface area (TPSA) is 57.2 Å². The quantitative estimate of drug-likeness (QED) is 0.568. The standard InChI is InChI=1S/C22H22FNO5/c1-26-20-12-15(13-21-22(20)29-11-10-28-21)2-5-19(25)16-3-4-18(17(23)14-16)24-6-8-27-9-7-24/h2-5,12-14H,6-11H2,1H3/b5-2+. The summed E-state index contributed by atoms with van der Waals surface area (Å²) in [5.74, 6) is 0.972. The molecule has 0 aliphatic carbocycles. The summed E-state index contributed by atoms with van der Waals surface area (Å²) in [6.07, 6.45) is 3.06. The summed E-state index contributed by atoms with van der Waals surface area (Å²) in [5, 5.41) is 0. The molecule has 2 aliphatic heterocycles. The number of fused-ring (bicyclic) bond motifs is 1. The molecule has 0 unspecified atom stereocenters. The third kappa shape index (κ3) is 4.19. The zero-order chi connectivity index (χ0) is 20.2. The number of ketones is 1. The van der Waals surface area contributed by atoms with E-state index in [0.29, 0.717) is 68.0 Å². The van der Waals surface area contributed by atoms with Crippen LogP contribution in [-0.4, -0.2) is 52.4 Å². The van der Waals surface area contributed by atoms with Gasteiger partial charge in [-0.3, -0.25) is 4.79 Å². The summed E-state index contributed by atoms with van der Waals surface area (Å²) in [6.45, 7) is 3.33. The number of anilines is 1. The molecule has 152 valence electrons. The van der Waals surface area contributed by atoms with Crippen LogP contribution in [0.1, 0.15) is 15.9 Å². The summed E-state index contributed by atoms with van der Waals surface area (Å²) in [7, 11) is 1.55. The van der Waals surface area contributed by atoms with Crippen LogP contribution >= 0.6 is 0 Å². The predicted molar refractivity (Wildman–Crippen MR) is 107 cm³/mol. The molecule has 0 N–H and O–H groups in total. The molecular weight excluding hydrogens is 377 g/mol. The van der Waals surface area contributed by atoms with Crippen LogP contribution in [0.25, 0.3) is 6.08 Å². The molecule has 7 heteroatoms. The Hall–Kier alpha value is -3.06. The first-order chi connectivity index (χ1) is 14.2. The maximum Gasteiger partial charge on any atom is 0.203 e. The third-order valence-electron chi connectivity index (χ3n) is 4.86. The largest absolute Gasteiger partial charge is 0.493 e. The fourth-order valence-corrected chi connectivity index (χ4v) is 3.38. The Morgan fingerprint density at radius 2 is 1.90 bits per heavy atom. The first kappa shape index (κ1) is 19.3. The predicted octanol–water partition coefficient (Wildman–Crippen LogP) is 3.34. The van der Waals surface area contributed by atoms with E-state index in [0.717, 1.165) is 5.56 Å². The lowest BCUT2D eigenvalue weighted by Gasteiger charge is -2.29. The average molecular weight is 399 g/mol. The lowest BCUT2D eigenvalue weighted by molar-refractivity contribution is 0.104. The van der Waals surface area contributed by atoms with Gasteiger partial charge in [0.1, 0.15) is 19.0 Å². The summed E-state index contributed by atoms with van der Waals surface area (Å²) < 4.78 is 36.4. The number of hydrogen-bond acceptors (Lipinski definition) is 6. The summed E-state index contributed by atoms with van der Waals surface area (Å²) in [4.78, 5) is 14.4. The van der Waals surface area contributed by atoms with Crippen molar-refractivity contribution in [3.05, 3.63) is 53.4 Å². The van der Waals surface area contributed by atoms with E-state index in [2.05, 4.69) is 0 Å². The molecule has 0 spiro atoms. The summed E-state index contributed by atoms with van der Waals surface area (Å²) >= 11 is 0. The number of carbonyl (C=O) groups is 1. The number of morpholine rings is 1. The number of hydrogen-bond donors (Lipinski definition) is 0. The van der Waals surface area contributed by atoms with Crippen molar-refractivity contribution in [2.75, 3.05) is 51.5 Å². The van der Waals surface area contributed by atoms with Gasteiger partial charge in [0.15, 0.2) is 17.3 Å². The molecule has 0 aromatic heterocycles. The van der Waals surface area contributed by atoms with Gasteiger partial charge in [-0.25, -0.2) is 4.39 Å². The SMILES string of the molecule is COc1cc(/C=C/C(=O)c2ccc(N3CCOCC3)c(F)c2)cc2c1OCCO2. The normalized spacial score (nSPS) is 16.1. The van der Waals surface area contributed by atoms with Gasteiger partial charge in [0.2, 0.25) is 5.75 Å². The van der Waals surface area contributed by atoms with E-state index in [4.69, 9.17) is 18.9 Å². The molecule has 2 aliphatic rings. The second-order valence-electron chi connectivity index (χ2n) is 6.71. The van der Waals surface area contributed by atoms with Crippen LogP contribution < -0.4 is 19.1 Å². The van der Waals surface area contributed by atoms with Crippen molar-refractivity contribution in [2.45, 2.75) is 0 Å². The molecule has 4 rings (SSSR count). The number of methoxy groups -OCH3 is 1. The number of allylic oxidation sites excluding steroid dienone is 1. The Kier molecular flexibility index (Phi) is 5.67. The Bertz CT molecular complexity index is 920. The average Bonchev–Trinajstić information content (AvgIpc) is 2.77. The molecule has 0 bridgehead atoms. The second kappa shape index (κ2) is 8.53. The van der Waals surface area contributed by atoms with Crippen molar-refractivity contribution >= 4 is 17.5 Å². The molecule has 1 fully saturated rings. The molecular formula is C22H22FNO5. The van der Waals surface area contributed by atoms with E-state index in [1.54, 1.807) is 37.5 Å². The highest BCUT2D eigenvalue weighted by molar-refractivity contribution is 6.07. The van der Waals surface area contributed by atoms with Crippen molar-refractivity contribution in [3.63, 3.8) is 0 Å². The third-order valence-corrected chi connectivity index (χ3v) is 4.86. The van der Waals surface area contributed by atoms with Gasteiger partial charge in [-0.05, 0) is 42.0 Å². The fraction of sp³-hybridized carbons (Fsp3) is 0.318. The van der Waals surface area contributed by atoms with E-state index in [1.807, 2.05) is 4.90 Å². The van der Waals surface area contributed by atoms with Gasteiger partial charge in [0.05, 0.1) is 26.0 Å². The highest BCUT2D eigenvalue weighted by Crippen LogP contribution is 2.40. The summed E-state index contributed by atoms with van der Waals surface area (Å²) in [5.41, 5.74) is 1.51. The molecule has 0 radical (unpaired) electrons. The highest BCUT2D eigenvalue weighted by Gasteiger charge is 2.19. The van der Waals surface area contributed by atoms with E-state index in [9.17, 15) is 9.18 Å². The number of nitrogens with zero attached hydrogens (tertiary/aromatic N) is 1. The van der Waals surface area contributed by atoms with Crippen LogP contribution in [0.2, 0.25) is 0 Å². The van der Waals surface area contributed by atoms with Gasteiger partial charge >= 0.3 is 0 Å². The van der Waals surface area contributed by atoms with Crippen LogP contribution in [0.15, 0.2) is 36.4 Å². The zero-order valence-electron chi connectivity index (χ0n) is 16.2. The lowest BCUT2D eigenvalue weighted by atomic mass is 10.1. The number of benzene rings is 2. The van der Waals surface area contributed by atoms with Gasteiger partial charge in [-0.15, -0.1) is 0 Å². The maximum absolute atomic E-state index is 14.5. The Balaban J connectivity index is 1.52. The molecule has 29 heavy (non-hydrogen) atoms. The molecule has 2 aromatic rings. The smallest absolute Gasteiger partial charge is 0.203 e. The minimum atomic E-state index is -0.410. The molecule has 2 heterocycles. The number of carbonyl (C=O) groups excluding carboxylic acids is 1. The highest BCUT2D eigenvalue weighted by atomic mass is 19.1. The minimum Gasteiger partial charge on any atom is -0.493 e. The van der Waals surface area contributed by atoms with Crippen molar-refractivity contribution in [3.8, 4) is 17.2 Å². The van der Waals surface area contributed by atoms with Crippen molar-refractivity contribution in [1.82, 2.24) is 0 Å². The van der Waals surface area contributed by atoms with Crippen molar-refractivity contribution in [1.29, 1.82) is 0 Å². The van der Waals surface area contributed by atoms with Crippen LogP contribution in [0.5, 0.6) is 17.2 Å². The maximum atomic E-state index is 14.5. The molecule has 2 aromatic carbocycles. The van der Waals surface area contributed by atoms with Crippen LogP contribution in [0, 0.1) is 5.82 Å². The minimum absolute atomic E-state index is 0.286. The molecule has 0 atom stereocenters. The van der Waals surface area contributed by atoms with Gasteiger partial charge in [0.25, 0.3) is 0 Å². The van der Waals surface area contributed by atoms with E-state index >= 15 is 0 Å². The molecule has 1 saturated heterocycles. The monoisotopic (exact) mass is 399 g/mol. The lowest BCUT2D eigenvalue weighted by Crippen LogP contribution is -2.36. The van der Waals surface area contributed by atoms with E-state index in [-0.39, 0.29) is 5.78 Å². The zero-order valence-corrected chi connectivity index (χ0v) is 16.2. The first-order valence-electron chi connectivity index (χ1n) is 9.48. The van der Waals surface area contributed by atoms with Gasteiger partial charge in [0, 0.05) is 18.7 Å². The summed E-state index contributed by atoms with van der Waals surface area (Å²) in [6, 6.07) is 8.12. The second-order valence-corrected chi connectivity index (χ2v) is 6.71. The van der Waals surface area contributed by atoms with Crippen molar-refractivity contribution in [2.24, 2.45) is 0 Å². The van der Waals surface area contributed by atoms with Gasteiger partial charge < -0.3 is 23.8 Å². The van der Waals surface area contributed by atoms with Crippen LogP contribution in [-0.2, 0) is 4.74 Å². The number of ether oxygens (including phenoxy) is 4. The van der Waals surface area contributed by atoms with Gasteiger partial charge in [-0.2, -0.15) is 0 Å². The molecule has 0 saturated carbocycles. The Morgan fingerprint density at radius 1 is 1.10 bits per heavy atom. The van der Waals surface area contributed by atoms with Crippen LogP contribution in [0.4, 0.5) is 10.1 Å². The number of rotatable bonds is 5. The fourth-order valence-electron chi connectivity index (χ4n) is 3.38. The number of halogens is 1. The van der Waals surface area contributed by atoms with Crippen LogP contribution in [0.3, 0.4) is 0 Å². The molecule has 0 amide bonds. The van der Waals surface area contributed by atoms with E-state index in [1.165, 1.54) is 12.1 Å².